The highest BCUT2D eigenvalue weighted by Crippen LogP contribution is 2.25. The van der Waals surface area contributed by atoms with Crippen LogP contribution in [0.15, 0.2) is 48.8 Å². The summed E-state index contributed by atoms with van der Waals surface area (Å²) in [6, 6.07) is 10.2. The highest BCUT2D eigenvalue weighted by atomic mass is 35.5. The molecule has 0 saturated carbocycles. The van der Waals surface area contributed by atoms with Gasteiger partial charge in [0.05, 0.1) is 10.7 Å². The summed E-state index contributed by atoms with van der Waals surface area (Å²) in [4.78, 5) is 25.1. The second kappa shape index (κ2) is 8.12. The summed E-state index contributed by atoms with van der Waals surface area (Å²) < 4.78 is 0. The standard InChI is InChI=1S/C18H15Cl2N5O/c1-11-23-16(18(26)25-15-5-4-13(19)7-14(15)20)8-17(24-11)22-10-12-3-2-6-21-9-12/h2-9H,10H2,1H3,(H,25,26)(H,22,23,24). The maximum absolute atomic E-state index is 12.5. The van der Waals surface area contributed by atoms with E-state index in [0.717, 1.165) is 5.56 Å². The zero-order valence-corrected chi connectivity index (χ0v) is 15.3. The fraction of sp³-hybridized carbons (Fsp3) is 0.111. The van der Waals surface area contributed by atoms with E-state index >= 15 is 0 Å². The van der Waals surface area contributed by atoms with Crippen molar-refractivity contribution in [2.24, 2.45) is 0 Å². The smallest absolute Gasteiger partial charge is 0.274 e. The number of nitrogens with one attached hydrogen (secondary N) is 2. The van der Waals surface area contributed by atoms with Crippen LogP contribution in [0.25, 0.3) is 0 Å². The summed E-state index contributed by atoms with van der Waals surface area (Å²) in [5.41, 5.74) is 1.70. The molecular formula is C18H15Cl2N5O. The van der Waals surface area contributed by atoms with Gasteiger partial charge in [0, 0.05) is 30.0 Å². The maximum atomic E-state index is 12.5. The molecule has 0 fully saturated rings. The number of nitrogens with zero attached hydrogens (tertiary/aromatic N) is 3. The molecule has 0 aliphatic carbocycles. The summed E-state index contributed by atoms with van der Waals surface area (Å²) in [6.45, 7) is 2.26. The minimum atomic E-state index is -0.385. The molecule has 0 spiro atoms. The van der Waals surface area contributed by atoms with Crippen LogP contribution in [0.5, 0.6) is 0 Å². The van der Waals surface area contributed by atoms with Gasteiger partial charge in [0.15, 0.2) is 0 Å². The fourth-order valence-corrected chi connectivity index (χ4v) is 2.70. The highest BCUT2D eigenvalue weighted by molar-refractivity contribution is 6.36. The van der Waals surface area contributed by atoms with Crippen LogP contribution in [0.4, 0.5) is 11.5 Å². The lowest BCUT2D eigenvalue weighted by Gasteiger charge is -2.10. The van der Waals surface area contributed by atoms with Crippen LogP contribution in [0.2, 0.25) is 10.0 Å². The average molecular weight is 388 g/mol. The molecule has 2 aromatic heterocycles. The van der Waals surface area contributed by atoms with Gasteiger partial charge in [-0.3, -0.25) is 9.78 Å². The Kier molecular flexibility index (Phi) is 5.65. The van der Waals surface area contributed by atoms with Gasteiger partial charge < -0.3 is 10.6 Å². The third-order valence-corrected chi connectivity index (χ3v) is 3.99. The molecule has 1 amide bonds. The molecule has 132 valence electrons. The van der Waals surface area contributed by atoms with Crippen molar-refractivity contribution in [2.75, 3.05) is 10.6 Å². The van der Waals surface area contributed by atoms with Gasteiger partial charge in [-0.25, -0.2) is 9.97 Å². The van der Waals surface area contributed by atoms with Gasteiger partial charge in [-0.1, -0.05) is 29.3 Å². The number of halogens is 2. The number of aromatic nitrogens is 3. The van der Waals surface area contributed by atoms with Crippen molar-refractivity contribution in [2.45, 2.75) is 13.5 Å². The minimum absolute atomic E-state index is 0.234. The third kappa shape index (κ3) is 4.68. The lowest BCUT2D eigenvalue weighted by molar-refractivity contribution is 0.102. The van der Waals surface area contributed by atoms with E-state index in [1.54, 1.807) is 43.6 Å². The van der Waals surface area contributed by atoms with Crippen molar-refractivity contribution in [3.63, 3.8) is 0 Å². The van der Waals surface area contributed by atoms with Gasteiger partial charge in [-0.05, 0) is 36.8 Å². The van der Waals surface area contributed by atoms with Crippen molar-refractivity contribution < 1.29 is 4.79 Å². The van der Waals surface area contributed by atoms with E-state index in [9.17, 15) is 4.79 Å². The Hall–Kier alpha value is -2.70. The lowest BCUT2D eigenvalue weighted by Crippen LogP contribution is -2.16. The Morgan fingerprint density at radius 2 is 2.00 bits per heavy atom. The summed E-state index contributed by atoms with van der Waals surface area (Å²) in [5.74, 6) is 0.645. The summed E-state index contributed by atoms with van der Waals surface area (Å²) in [6.07, 6.45) is 3.47. The van der Waals surface area contributed by atoms with E-state index in [1.807, 2.05) is 12.1 Å². The first-order chi connectivity index (χ1) is 12.5. The Labute approximate surface area is 160 Å². The molecule has 2 N–H and O–H groups in total. The van der Waals surface area contributed by atoms with Crippen molar-refractivity contribution in [1.29, 1.82) is 0 Å². The first-order valence-corrected chi connectivity index (χ1v) is 8.52. The van der Waals surface area contributed by atoms with Crippen molar-refractivity contribution in [3.05, 3.63) is 75.9 Å². The van der Waals surface area contributed by atoms with E-state index in [2.05, 4.69) is 25.6 Å². The number of carbonyl (C=O) groups is 1. The lowest BCUT2D eigenvalue weighted by atomic mass is 10.2. The van der Waals surface area contributed by atoms with Crippen LogP contribution >= 0.6 is 23.2 Å². The number of amides is 1. The van der Waals surface area contributed by atoms with Crippen LogP contribution in [0, 0.1) is 6.92 Å². The fourth-order valence-electron chi connectivity index (χ4n) is 2.25. The minimum Gasteiger partial charge on any atom is -0.366 e. The largest absolute Gasteiger partial charge is 0.366 e. The highest BCUT2D eigenvalue weighted by Gasteiger charge is 2.13. The topological polar surface area (TPSA) is 79.8 Å². The summed E-state index contributed by atoms with van der Waals surface area (Å²) >= 11 is 12.0. The van der Waals surface area contributed by atoms with Crippen LogP contribution in [0.1, 0.15) is 21.9 Å². The molecule has 6 nitrogen and oxygen atoms in total. The number of rotatable bonds is 5. The number of hydrogen-bond donors (Lipinski definition) is 2. The Morgan fingerprint density at radius 3 is 2.73 bits per heavy atom. The molecule has 0 radical (unpaired) electrons. The normalized spacial score (nSPS) is 10.4. The average Bonchev–Trinajstić information content (AvgIpc) is 2.63. The van der Waals surface area contributed by atoms with E-state index in [-0.39, 0.29) is 11.6 Å². The molecule has 2 heterocycles. The van der Waals surface area contributed by atoms with Gasteiger partial charge in [0.2, 0.25) is 0 Å². The Balaban J connectivity index is 1.75. The third-order valence-electron chi connectivity index (χ3n) is 3.45. The summed E-state index contributed by atoms with van der Waals surface area (Å²) in [5, 5.41) is 6.74. The SMILES string of the molecule is Cc1nc(NCc2cccnc2)cc(C(=O)Nc2ccc(Cl)cc2Cl)n1. The zero-order valence-electron chi connectivity index (χ0n) is 13.8. The predicted molar refractivity (Wildman–Crippen MR) is 103 cm³/mol. The monoisotopic (exact) mass is 387 g/mol. The maximum Gasteiger partial charge on any atom is 0.274 e. The van der Waals surface area contributed by atoms with Crippen LogP contribution in [0.3, 0.4) is 0 Å². The van der Waals surface area contributed by atoms with Gasteiger partial charge in [-0.15, -0.1) is 0 Å². The quantitative estimate of drug-likeness (QED) is 0.679. The van der Waals surface area contributed by atoms with Crippen molar-refractivity contribution in [3.8, 4) is 0 Å². The number of carbonyl (C=O) groups excluding carboxylic acids is 1. The van der Waals surface area contributed by atoms with Gasteiger partial charge in [-0.2, -0.15) is 0 Å². The van der Waals surface area contributed by atoms with Crippen LogP contribution in [-0.2, 0) is 6.54 Å². The predicted octanol–water partition coefficient (Wildman–Crippen LogP) is 4.35. The molecule has 0 atom stereocenters. The Bertz CT molecular complexity index is 934. The van der Waals surface area contributed by atoms with E-state index < -0.39 is 0 Å². The Morgan fingerprint density at radius 1 is 1.15 bits per heavy atom. The molecule has 0 aliphatic rings. The van der Waals surface area contributed by atoms with Gasteiger partial charge in [0.1, 0.15) is 17.3 Å². The number of aryl methyl sites for hydroxylation is 1. The molecule has 0 aliphatic heterocycles. The van der Waals surface area contributed by atoms with E-state index in [1.165, 1.54) is 0 Å². The van der Waals surface area contributed by atoms with Gasteiger partial charge in [0.25, 0.3) is 5.91 Å². The molecule has 8 heteroatoms. The molecule has 0 saturated heterocycles. The second-order valence-corrected chi connectivity index (χ2v) is 6.32. The van der Waals surface area contributed by atoms with Crippen molar-refractivity contribution >= 4 is 40.6 Å². The molecule has 26 heavy (non-hydrogen) atoms. The van der Waals surface area contributed by atoms with E-state index in [4.69, 9.17) is 23.2 Å². The molecular weight excluding hydrogens is 373 g/mol. The first kappa shape index (κ1) is 18.1. The number of pyridine rings is 1. The van der Waals surface area contributed by atoms with Crippen LogP contribution < -0.4 is 10.6 Å². The number of benzene rings is 1. The van der Waals surface area contributed by atoms with E-state index in [0.29, 0.717) is 33.9 Å². The molecule has 3 rings (SSSR count). The zero-order chi connectivity index (χ0) is 18.5. The van der Waals surface area contributed by atoms with Crippen LogP contribution in [-0.4, -0.2) is 20.9 Å². The van der Waals surface area contributed by atoms with Gasteiger partial charge >= 0.3 is 0 Å². The molecule has 1 aromatic carbocycles. The molecule has 0 unspecified atom stereocenters. The first-order valence-electron chi connectivity index (χ1n) is 7.76. The second-order valence-electron chi connectivity index (χ2n) is 5.48. The summed E-state index contributed by atoms with van der Waals surface area (Å²) in [7, 11) is 0. The number of hydrogen-bond acceptors (Lipinski definition) is 5. The van der Waals surface area contributed by atoms with Crippen molar-refractivity contribution in [1.82, 2.24) is 15.0 Å². The molecule has 0 bridgehead atoms. The molecule has 3 aromatic rings. The number of anilines is 2.